The van der Waals surface area contributed by atoms with Gasteiger partial charge in [0.05, 0.1) is 19.9 Å². The standard InChI is InChI=1S/C20H22ClN3O/c1-20(2)17-11-15(21)7-10-18(17)24(3)19(20)13-23-22-12-14-5-8-16(25-4)9-6-14/h5-11,13H,12H2,1-4H3. The maximum Gasteiger partial charge on any atom is 0.118 e. The topological polar surface area (TPSA) is 37.2 Å². The molecule has 0 N–H and O–H groups in total. The van der Waals surface area contributed by atoms with E-state index in [9.17, 15) is 0 Å². The molecule has 0 radical (unpaired) electrons. The third kappa shape index (κ3) is 3.40. The predicted octanol–water partition coefficient (Wildman–Crippen LogP) is 5.57. The van der Waals surface area contributed by atoms with Gasteiger partial charge in [0.25, 0.3) is 0 Å². The molecular formula is C20H22ClN3O. The number of hydrogen-bond acceptors (Lipinski definition) is 4. The second-order valence-electron chi connectivity index (χ2n) is 6.62. The number of ether oxygens (including phenoxy) is 1. The van der Waals surface area contributed by atoms with E-state index in [-0.39, 0.29) is 5.41 Å². The zero-order valence-corrected chi connectivity index (χ0v) is 15.7. The second kappa shape index (κ2) is 6.89. The smallest absolute Gasteiger partial charge is 0.118 e. The quantitative estimate of drug-likeness (QED) is 0.672. The molecule has 130 valence electrons. The number of allylic oxidation sites excluding steroid dienone is 1. The van der Waals surface area contributed by atoms with Gasteiger partial charge in [-0.15, -0.1) is 0 Å². The number of azo groups is 1. The van der Waals surface area contributed by atoms with Crippen molar-refractivity contribution in [1.29, 1.82) is 0 Å². The van der Waals surface area contributed by atoms with Crippen molar-refractivity contribution in [2.24, 2.45) is 10.2 Å². The van der Waals surface area contributed by atoms with Gasteiger partial charge in [0.15, 0.2) is 0 Å². The lowest BCUT2D eigenvalue weighted by atomic mass is 9.84. The highest BCUT2D eigenvalue weighted by Crippen LogP contribution is 2.47. The predicted molar refractivity (Wildman–Crippen MR) is 103 cm³/mol. The molecule has 0 spiro atoms. The van der Waals surface area contributed by atoms with Crippen molar-refractivity contribution < 1.29 is 4.74 Å². The summed E-state index contributed by atoms with van der Waals surface area (Å²) in [7, 11) is 3.71. The van der Waals surface area contributed by atoms with Crippen molar-refractivity contribution in [1.82, 2.24) is 0 Å². The van der Waals surface area contributed by atoms with Crippen LogP contribution in [0.1, 0.15) is 25.0 Å². The normalized spacial score (nSPS) is 17.3. The van der Waals surface area contributed by atoms with E-state index in [0.29, 0.717) is 6.54 Å². The van der Waals surface area contributed by atoms with Gasteiger partial charge in [0.1, 0.15) is 5.75 Å². The highest BCUT2D eigenvalue weighted by atomic mass is 35.5. The number of fused-ring (bicyclic) bond motifs is 1. The van der Waals surface area contributed by atoms with Crippen LogP contribution in [0, 0.1) is 0 Å². The molecule has 0 aromatic heterocycles. The molecule has 0 saturated heterocycles. The van der Waals surface area contributed by atoms with Crippen LogP contribution in [0.5, 0.6) is 5.75 Å². The summed E-state index contributed by atoms with van der Waals surface area (Å²) >= 11 is 6.17. The van der Waals surface area contributed by atoms with E-state index < -0.39 is 0 Å². The number of benzene rings is 2. The number of methoxy groups -OCH3 is 1. The molecule has 0 unspecified atom stereocenters. The molecule has 4 nitrogen and oxygen atoms in total. The van der Waals surface area contributed by atoms with Gasteiger partial charge < -0.3 is 9.64 Å². The summed E-state index contributed by atoms with van der Waals surface area (Å²) in [5.74, 6) is 0.841. The third-order valence-corrected chi connectivity index (χ3v) is 4.90. The van der Waals surface area contributed by atoms with E-state index in [0.717, 1.165) is 27.7 Å². The molecule has 0 aliphatic carbocycles. The molecule has 2 aromatic rings. The van der Waals surface area contributed by atoms with Crippen LogP contribution in [0.3, 0.4) is 0 Å². The number of nitrogens with zero attached hydrogens (tertiary/aromatic N) is 3. The zero-order chi connectivity index (χ0) is 18.0. The molecule has 0 bridgehead atoms. The minimum absolute atomic E-state index is 0.159. The van der Waals surface area contributed by atoms with Gasteiger partial charge in [0.2, 0.25) is 0 Å². The van der Waals surface area contributed by atoms with E-state index in [2.05, 4.69) is 35.0 Å². The fourth-order valence-corrected chi connectivity index (χ4v) is 3.36. The first-order valence-electron chi connectivity index (χ1n) is 8.17. The summed E-state index contributed by atoms with van der Waals surface area (Å²) in [5.41, 5.74) is 4.40. The maximum atomic E-state index is 6.17. The minimum Gasteiger partial charge on any atom is -0.497 e. The van der Waals surface area contributed by atoms with E-state index >= 15 is 0 Å². The number of rotatable bonds is 4. The molecule has 25 heavy (non-hydrogen) atoms. The van der Waals surface area contributed by atoms with Crippen LogP contribution >= 0.6 is 11.6 Å². The Morgan fingerprint density at radius 3 is 2.56 bits per heavy atom. The number of hydrogen-bond donors (Lipinski definition) is 0. The lowest BCUT2D eigenvalue weighted by molar-refractivity contribution is 0.414. The Morgan fingerprint density at radius 1 is 1.16 bits per heavy atom. The van der Waals surface area contributed by atoms with E-state index in [4.69, 9.17) is 16.3 Å². The summed E-state index contributed by atoms with van der Waals surface area (Å²) in [6.45, 7) is 4.89. The SMILES string of the molecule is COc1ccc(CN=NC=C2N(C)c3ccc(Cl)cc3C2(C)C)cc1. The first-order valence-corrected chi connectivity index (χ1v) is 8.55. The van der Waals surface area contributed by atoms with Crippen LogP contribution in [0.2, 0.25) is 5.02 Å². The Bertz CT molecular complexity index is 825. The summed E-state index contributed by atoms with van der Waals surface area (Å²) in [6, 6.07) is 13.8. The fourth-order valence-electron chi connectivity index (χ4n) is 3.19. The molecule has 1 aliphatic heterocycles. The van der Waals surface area contributed by atoms with Gasteiger partial charge in [-0.05, 0) is 41.5 Å². The first kappa shape index (κ1) is 17.5. The molecule has 0 atom stereocenters. The first-order chi connectivity index (χ1) is 11.9. The molecule has 3 rings (SSSR count). The lowest BCUT2D eigenvalue weighted by Crippen LogP contribution is -2.22. The van der Waals surface area contributed by atoms with E-state index in [1.165, 1.54) is 5.56 Å². The van der Waals surface area contributed by atoms with Crippen LogP contribution in [0.4, 0.5) is 5.69 Å². The molecule has 5 heteroatoms. The highest BCUT2D eigenvalue weighted by molar-refractivity contribution is 6.30. The van der Waals surface area contributed by atoms with Gasteiger partial charge in [0, 0.05) is 28.9 Å². The van der Waals surface area contributed by atoms with Crippen LogP contribution in [0.15, 0.2) is 64.6 Å². The Kier molecular flexibility index (Phi) is 4.82. The third-order valence-electron chi connectivity index (χ3n) is 4.67. The molecular weight excluding hydrogens is 334 g/mol. The summed E-state index contributed by atoms with van der Waals surface area (Å²) in [5, 5.41) is 9.35. The van der Waals surface area contributed by atoms with Crippen molar-refractivity contribution >= 4 is 17.3 Å². The molecule has 0 fully saturated rings. The molecule has 0 saturated carbocycles. The molecule has 1 aliphatic rings. The van der Waals surface area contributed by atoms with Gasteiger partial charge in [-0.2, -0.15) is 10.2 Å². The van der Waals surface area contributed by atoms with Crippen molar-refractivity contribution in [2.45, 2.75) is 25.8 Å². The van der Waals surface area contributed by atoms with Crippen molar-refractivity contribution in [3.05, 3.63) is 70.5 Å². The Balaban J connectivity index is 1.77. The fraction of sp³-hybridized carbons (Fsp3) is 0.300. The number of anilines is 1. The summed E-state index contributed by atoms with van der Waals surface area (Å²) < 4.78 is 5.16. The molecule has 2 aromatic carbocycles. The largest absolute Gasteiger partial charge is 0.497 e. The van der Waals surface area contributed by atoms with Crippen molar-refractivity contribution in [3.8, 4) is 5.75 Å². The number of halogens is 1. The average Bonchev–Trinajstić information content (AvgIpc) is 2.79. The second-order valence-corrected chi connectivity index (χ2v) is 7.06. The Morgan fingerprint density at radius 2 is 1.88 bits per heavy atom. The van der Waals surface area contributed by atoms with Crippen LogP contribution in [-0.2, 0) is 12.0 Å². The van der Waals surface area contributed by atoms with Gasteiger partial charge >= 0.3 is 0 Å². The van der Waals surface area contributed by atoms with Crippen LogP contribution in [-0.4, -0.2) is 14.2 Å². The minimum atomic E-state index is -0.159. The maximum absolute atomic E-state index is 6.17. The van der Waals surface area contributed by atoms with Crippen LogP contribution < -0.4 is 9.64 Å². The Hall–Kier alpha value is -2.33. The van der Waals surface area contributed by atoms with Gasteiger partial charge in [-0.25, -0.2) is 0 Å². The zero-order valence-electron chi connectivity index (χ0n) is 15.0. The van der Waals surface area contributed by atoms with Crippen molar-refractivity contribution in [2.75, 3.05) is 19.1 Å². The molecule has 0 amide bonds. The van der Waals surface area contributed by atoms with Crippen LogP contribution in [0.25, 0.3) is 0 Å². The monoisotopic (exact) mass is 355 g/mol. The van der Waals surface area contributed by atoms with Crippen molar-refractivity contribution in [3.63, 3.8) is 0 Å². The van der Waals surface area contributed by atoms with Gasteiger partial charge in [-0.1, -0.05) is 37.6 Å². The summed E-state index contributed by atoms with van der Waals surface area (Å²) in [4.78, 5) is 2.15. The van der Waals surface area contributed by atoms with E-state index in [1.807, 2.05) is 49.6 Å². The molecule has 1 heterocycles. The van der Waals surface area contributed by atoms with E-state index in [1.54, 1.807) is 7.11 Å². The number of likely N-dealkylation sites (N-methyl/N-ethyl adjacent to an activating group) is 1. The Labute approximate surface area is 153 Å². The highest BCUT2D eigenvalue weighted by Gasteiger charge is 2.38. The average molecular weight is 356 g/mol. The van der Waals surface area contributed by atoms with Gasteiger partial charge in [-0.3, -0.25) is 0 Å². The summed E-state index contributed by atoms with van der Waals surface area (Å²) in [6.07, 6.45) is 1.84. The lowest BCUT2D eigenvalue weighted by Gasteiger charge is -2.22.